The fourth-order valence-corrected chi connectivity index (χ4v) is 2.70. The normalized spacial score (nSPS) is 22.2. The molecule has 4 nitrogen and oxygen atoms in total. The van der Waals surface area contributed by atoms with Crippen molar-refractivity contribution < 1.29 is 0 Å². The summed E-state index contributed by atoms with van der Waals surface area (Å²) in [5, 5.41) is 0. The molecule has 0 radical (unpaired) electrons. The first-order chi connectivity index (χ1) is 9.78. The van der Waals surface area contributed by atoms with Gasteiger partial charge in [0, 0.05) is 0 Å². The fraction of sp³-hybridized carbons (Fsp3) is 1.00. The smallest absolute Gasteiger partial charge is 0.00489 e. The molecule has 0 aromatic heterocycles. The molecule has 0 aromatic carbocycles. The van der Waals surface area contributed by atoms with Crippen LogP contribution in [0.15, 0.2) is 0 Å². The van der Waals surface area contributed by atoms with Crippen LogP contribution in [0, 0.1) is 11.8 Å². The minimum absolute atomic E-state index is 0.794. The summed E-state index contributed by atoms with van der Waals surface area (Å²) in [6.45, 7) is 3.43. The molecule has 20 heavy (non-hydrogen) atoms. The Morgan fingerprint density at radius 2 is 0.800 bits per heavy atom. The second-order valence-corrected chi connectivity index (χ2v) is 6.06. The molecule has 0 amide bonds. The topological polar surface area (TPSA) is 104 Å². The maximum Gasteiger partial charge on any atom is -0.00489 e. The van der Waals surface area contributed by atoms with Crippen LogP contribution >= 0.6 is 0 Å². The average Bonchev–Trinajstić information content (AvgIpc) is 2.51. The van der Waals surface area contributed by atoms with Gasteiger partial charge in [-0.2, -0.15) is 0 Å². The van der Waals surface area contributed by atoms with E-state index in [1.807, 2.05) is 0 Å². The van der Waals surface area contributed by atoms with Gasteiger partial charge in [-0.15, -0.1) is 0 Å². The molecule has 0 bridgehead atoms. The van der Waals surface area contributed by atoms with E-state index in [2.05, 4.69) is 0 Å². The van der Waals surface area contributed by atoms with E-state index in [1.54, 1.807) is 0 Å². The Morgan fingerprint density at radius 1 is 0.500 bits per heavy atom. The Morgan fingerprint density at radius 3 is 1.05 bits per heavy atom. The van der Waals surface area contributed by atoms with E-state index in [4.69, 9.17) is 22.9 Å². The van der Waals surface area contributed by atoms with Crippen molar-refractivity contribution in [1.82, 2.24) is 0 Å². The predicted molar refractivity (Wildman–Crippen MR) is 89.4 cm³/mol. The van der Waals surface area contributed by atoms with Crippen molar-refractivity contribution in [2.75, 3.05) is 26.2 Å². The van der Waals surface area contributed by atoms with E-state index in [0.29, 0.717) is 0 Å². The largest absolute Gasteiger partial charge is 0.330 e. The molecule has 4 heteroatoms. The lowest BCUT2D eigenvalue weighted by atomic mass is 9.82. The lowest BCUT2D eigenvalue weighted by molar-refractivity contribution is 0.285. The van der Waals surface area contributed by atoms with Gasteiger partial charge < -0.3 is 22.9 Å². The van der Waals surface area contributed by atoms with Gasteiger partial charge in [-0.05, 0) is 76.5 Å². The van der Waals surface area contributed by atoms with Crippen LogP contribution in [0.4, 0.5) is 0 Å². The van der Waals surface area contributed by atoms with E-state index >= 15 is 0 Å². The van der Waals surface area contributed by atoms with Crippen LogP contribution in [0.1, 0.15) is 64.2 Å². The highest BCUT2D eigenvalue weighted by Gasteiger charge is 2.18. The van der Waals surface area contributed by atoms with Crippen LogP contribution in [-0.2, 0) is 0 Å². The Hall–Kier alpha value is -0.160. The van der Waals surface area contributed by atoms with Gasteiger partial charge in [-0.1, -0.05) is 25.7 Å². The summed E-state index contributed by atoms with van der Waals surface area (Å²) < 4.78 is 0. The molecular weight excluding hydrogens is 248 g/mol. The Bertz CT molecular complexity index is 159. The highest BCUT2D eigenvalue weighted by atomic mass is 14.6. The lowest BCUT2D eigenvalue weighted by Crippen LogP contribution is -2.25. The zero-order valence-corrected chi connectivity index (χ0v) is 13.4. The van der Waals surface area contributed by atoms with Gasteiger partial charge in [0.2, 0.25) is 0 Å². The fourth-order valence-electron chi connectivity index (χ4n) is 2.70. The summed E-state index contributed by atoms with van der Waals surface area (Å²) in [7, 11) is 0. The van der Waals surface area contributed by atoms with Gasteiger partial charge in [-0.3, -0.25) is 0 Å². The molecule has 0 saturated heterocycles. The van der Waals surface area contributed by atoms with Crippen molar-refractivity contribution >= 4 is 0 Å². The molecule has 1 fully saturated rings. The molecule has 0 spiro atoms. The highest BCUT2D eigenvalue weighted by Crippen LogP contribution is 2.26. The lowest BCUT2D eigenvalue weighted by Gasteiger charge is -2.26. The van der Waals surface area contributed by atoms with Gasteiger partial charge in [-0.25, -0.2) is 0 Å². The van der Waals surface area contributed by atoms with Gasteiger partial charge in [0.25, 0.3) is 0 Å². The molecular formula is C16H38N4. The minimum Gasteiger partial charge on any atom is -0.330 e. The highest BCUT2D eigenvalue weighted by molar-refractivity contribution is 4.73. The first kappa shape index (κ1) is 19.8. The van der Waals surface area contributed by atoms with Gasteiger partial charge in [0.1, 0.15) is 0 Å². The second-order valence-electron chi connectivity index (χ2n) is 6.06. The number of hydrogen-bond donors (Lipinski definition) is 4. The van der Waals surface area contributed by atoms with Crippen molar-refractivity contribution in [2.24, 2.45) is 34.8 Å². The molecule has 1 saturated carbocycles. The monoisotopic (exact) mass is 286 g/mol. The first-order valence-electron chi connectivity index (χ1n) is 8.58. The van der Waals surface area contributed by atoms with E-state index in [1.165, 1.54) is 64.2 Å². The third-order valence-corrected chi connectivity index (χ3v) is 4.29. The molecule has 1 aliphatic rings. The molecule has 8 N–H and O–H groups in total. The summed E-state index contributed by atoms with van der Waals surface area (Å²) in [6, 6.07) is 0. The average molecular weight is 287 g/mol. The van der Waals surface area contributed by atoms with E-state index < -0.39 is 0 Å². The van der Waals surface area contributed by atoms with E-state index in [0.717, 1.165) is 38.0 Å². The molecule has 0 heterocycles. The van der Waals surface area contributed by atoms with Crippen LogP contribution in [0.3, 0.4) is 0 Å². The Labute approximate surface area is 126 Å². The van der Waals surface area contributed by atoms with Crippen molar-refractivity contribution in [2.45, 2.75) is 64.2 Å². The van der Waals surface area contributed by atoms with Gasteiger partial charge in [0.05, 0.1) is 0 Å². The minimum atomic E-state index is 0.794. The molecule has 0 aliphatic heterocycles. The third kappa shape index (κ3) is 11.6. The van der Waals surface area contributed by atoms with Crippen LogP contribution in [-0.4, -0.2) is 26.2 Å². The van der Waals surface area contributed by atoms with Crippen molar-refractivity contribution in [3.63, 3.8) is 0 Å². The van der Waals surface area contributed by atoms with Crippen LogP contribution in [0.25, 0.3) is 0 Å². The van der Waals surface area contributed by atoms with E-state index in [9.17, 15) is 0 Å². The SMILES string of the molecule is NCC1CCC(CN)CC1.NCCCCCCCCN. The zero-order valence-electron chi connectivity index (χ0n) is 13.4. The summed E-state index contributed by atoms with van der Waals surface area (Å²) in [6.07, 6.45) is 12.8. The summed E-state index contributed by atoms with van der Waals surface area (Å²) in [5.41, 5.74) is 21.8. The van der Waals surface area contributed by atoms with E-state index in [-0.39, 0.29) is 0 Å². The van der Waals surface area contributed by atoms with Crippen molar-refractivity contribution in [3.05, 3.63) is 0 Å². The maximum absolute atomic E-state index is 5.56. The summed E-state index contributed by atoms with van der Waals surface area (Å²) in [5.74, 6) is 1.59. The molecule has 0 unspecified atom stereocenters. The number of hydrogen-bond acceptors (Lipinski definition) is 4. The first-order valence-corrected chi connectivity index (χ1v) is 8.58. The quantitative estimate of drug-likeness (QED) is 0.486. The summed E-state index contributed by atoms with van der Waals surface area (Å²) >= 11 is 0. The number of rotatable bonds is 9. The maximum atomic E-state index is 5.56. The number of nitrogens with two attached hydrogens (primary N) is 4. The standard InChI is InChI=1S/C8H18N2.C8H20N2/c9-5-7-1-2-8(6-10)4-3-7;9-7-5-3-1-2-4-6-8-10/h7-8H,1-6,9-10H2;1-10H2. The number of unbranched alkanes of at least 4 members (excludes halogenated alkanes) is 5. The molecule has 0 aromatic rings. The van der Waals surface area contributed by atoms with Crippen LogP contribution in [0.2, 0.25) is 0 Å². The van der Waals surface area contributed by atoms with Gasteiger partial charge >= 0.3 is 0 Å². The molecule has 1 aliphatic carbocycles. The Balaban J connectivity index is 0.000000361. The van der Waals surface area contributed by atoms with Crippen molar-refractivity contribution in [3.8, 4) is 0 Å². The summed E-state index contributed by atoms with van der Waals surface area (Å²) in [4.78, 5) is 0. The molecule has 1 rings (SSSR count). The third-order valence-electron chi connectivity index (χ3n) is 4.29. The van der Waals surface area contributed by atoms with Crippen LogP contribution < -0.4 is 22.9 Å². The second kappa shape index (κ2) is 15.2. The molecule has 122 valence electrons. The Kier molecular flexibility index (Phi) is 15.1. The van der Waals surface area contributed by atoms with Crippen molar-refractivity contribution in [1.29, 1.82) is 0 Å². The van der Waals surface area contributed by atoms with Crippen LogP contribution in [0.5, 0.6) is 0 Å². The predicted octanol–water partition coefficient (Wildman–Crippen LogP) is 1.95. The van der Waals surface area contributed by atoms with Gasteiger partial charge in [0.15, 0.2) is 0 Å². The molecule has 0 atom stereocenters. The zero-order chi connectivity index (χ0) is 15.1.